The number of hydrogen-bond acceptors (Lipinski definition) is 7. The van der Waals surface area contributed by atoms with E-state index in [0.717, 1.165) is 5.56 Å². The first-order valence-electron chi connectivity index (χ1n) is 11.9. The van der Waals surface area contributed by atoms with Gasteiger partial charge in [0.2, 0.25) is 0 Å². The molecule has 0 bridgehead atoms. The van der Waals surface area contributed by atoms with E-state index in [-0.39, 0.29) is 29.3 Å². The summed E-state index contributed by atoms with van der Waals surface area (Å²) in [6.45, 7) is 1.90. The summed E-state index contributed by atoms with van der Waals surface area (Å²) in [5.41, 5.74) is 2.95. The zero-order valence-corrected chi connectivity index (χ0v) is 22.4. The number of benzene rings is 3. The van der Waals surface area contributed by atoms with E-state index in [1.54, 1.807) is 56.5 Å². The number of nitriles is 1. The van der Waals surface area contributed by atoms with E-state index in [4.69, 9.17) is 21.1 Å². The van der Waals surface area contributed by atoms with Gasteiger partial charge in [0.25, 0.3) is 0 Å². The van der Waals surface area contributed by atoms with Crippen molar-refractivity contribution in [3.63, 3.8) is 0 Å². The van der Waals surface area contributed by atoms with Crippen LogP contribution in [0.5, 0.6) is 5.75 Å². The first kappa shape index (κ1) is 27.1. The smallest absolute Gasteiger partial charge is 0.337 e. The summed E-state index contributed by atoms with van der Waals surface area (Å²) in [5, 5.41) is 14.5. The SMILES string of the molecule is CCOC(=O)C1=C(c2ccccc2)NC(SCC(=O)c2ccc(OC)cc2)=C(C#N)[C@H]1c1ccccc1Cl. The van der Waals surface area contributed by atoms with Crippen LogP contribution in [0.3, 0.4) is 0 Å². The van der Waals surface area contributed by atoms with Gasteiger partial charge in [0.05, 0.1) is 53.3 Å². The van der Waals surface area contributed by atoms with Gasteiger partial charge in [0.1, 0.15) is 5.75 Å². The first-order chi connectivity index (χ1) is 18.5. The minimum atomic E-state index is -0.789. The van der Waals surface area contributed by atoms with Gasteiger partial charge in [0, 0.05) is 10.6 Å². The third-order valence-electron chi connectivity index (χ3n) is 5.98. The topological polar surface area (TPSA) is 88.4 Å². The first-order valence-corrected chi connectivity index (χ1v) is 13.3. The van der Waals surface area contributed by atoms with Crippen LogP contribution in [0, 0.1) is 11.3 Å². The fraction of sp³-hybridized carbons (Fsp3) is 0.167. The van der Waals surface area contributed by atoms with E-state index in [2.05, 4.69) is 11.4 Å². The maximum atomic E-state index is 13.4. The highest BCUT2D eigenvalue weighted by Gasteiger charge is 2.38. The summed E-state index contributed by atoms with van der Waals surface area (Å²) < 4.78 is 10.6. The zero-order chi connectivity index (χ0) is 27.1. The van der Waals surface area contributed by atoms with Crippen molar-refractivity contribution in [1.82, 2.24) is 5.32 Å². The molecule has 3 aromatic carbocycles. The van der Waals surface area contributed by atoms with Gasteiger partial charge in [-0.15, -0.1) is 0 Å². The third-order valence-corrected chi connectivity index (χ3v) is 7.35. The van der Waals surface area contributed by atoms with Crippen LogP contribution in [-0.4, -0.2) is 31.2 Å². The lowest BCUT2D eigenvalue weighted by Crippen LogP contribution is -2.29. The van der Waals surface area contributed by atoms with Crippen molar-refractivity contribution in [2.75, 3.05) is 19.5 Å². The second-order valence-electron chi connectivity index (χ2n) is 8.25. The molecule has 0 aliphatic carbocycles. The van der Waals surface area contributed by atoms with E-state index in [9.17, 15) is 14.9 Å². The van der Waals surface area contributed by atoms with Crippen molar-refractivity contribution in [2.24, 2.45) is 0 Å². The third kappa shape index (κ3) is 5.77. The lowest BCUT2D eigenvalue weighted by atomic mass is 9.81. The number of hydrogen-bond donors (Lipinski definition) is 1. The minimum Gasteiger partial charge on any atom is -0.497 e. The summed E-state index contributed by atoms with van der Waals surface area (Å²) in [6, 6.07) is 25.6. The Hall–Kier alpha value is -3.99. The highest BCUT2D eigenvalue weighted by Crippen LogP contribution is 2.45. The lowest BCUT2D eigenvalue weighted by Gasteiger charge is -2.31. The number of ether oxygens (including phenoxy) is 2. The minimum absolute atomic E-state index is 0.0753. The molecule has 0 saturated heterocycles. The summed E-state index contributed by atoms with van der Waals surface area (Å²) in [7, 11) is 1.56. The molecule has 0 amide bonds. The molecule has 0 aromatic heterocycles. The second kappa shape index (κ2) is 12.5. The molecule has 0 fully saturated rings. The Morgan fingerprint density at radius 1 is 1.03 bits per heavy atom. The van der Waals surface area contributed by atoms with Crippen LogP contribution < -0.4 is 10.1 Å². The molecule has 0 unspecified atom stereocenters. The molecule has 1 aliphatic rings. The van der Waals surface area contributed by atoms with Crippen molar-refractivity contribution in [3.8, 4) is 11.8 Å². The predicted molar refractivity (Wildman–Crippen MR) is 150 cm³/mol. The van der Waals surface area contributed by atoms with Crippen molar-refractivity contribution in [2.45, 2.75) is 12.8 Å². The molecule has 1 N–H and O–H groups in total. The van der Waals surface area contributed by atoms with Gasteiger partial charge in [-0.2, -0.15) is 5.26 Å². The Morgan fingerprint density at radius 3 is 2.34 bits per heavy atom. The molecule has 4 rings (SSSR count). The number of nitrogens with zero attached hydrogens (tertiary/aromatic N) is 1. The molecule has 6 nitrogen and oxygen atoms in total. The fourth-order valence-electron chi connectivity index (χ4n) is 4.18. The number of dihydropyridines is 1. The number of carbonyl (C=O) groups excluding carboxylic acids is 2. The number of esters is 1. The number of carbonyl (C=O) groups is 2. The van der Waals surface area contributed by atoms with Crippen LogP contribution in [-0.2, 0) is 9.53 Å². The zero-order valence-electron chi connectivity index (χ0n) is 20.9. The second-order valence-corrected chi connectivity index (χ2v) is 9.64. The summed E-state index contributed by atoms with van der Waals surface area (Å²) in [4.78, 5) is 26.4. The monoisotopic (exact) mass is 544 g/mol. The van der Waals surface area contributed by atoms with Crippen LogP contribution in [0.25, 0.3) is 5.70 Å². The normalized spacial score (nSPS) is 14.9. The van der Waals surface area contributed by atoms with Gasteiger partial charge in [-0.25, -0.2) is 4.79 Å². The van der Waals surface area contributed by atoms with Gasteiger partial charge in [-0.05, 0) is 48.4 Å². The van der Waals surface area contributed by atoms with Gasteiger partial charge < -0.3 is 14.8 Å². The maximum absolute atomic E-state index is 13.4. The number of allylic oxidation sites excluding steroid dienone is 1. The number of thioether (sulfide) groups is 1. The number of Topliss-reactive ketones (excluding diaryl/α,β-unsaturated/α-hetero) is 1. The van der Waals surface area contributed by atoms with Crippen LogP contribution in [0.15, 0.2) is 95.0 Å². The van der Waals surface area contributed by atoms with Crippen LogP contribution in [0.4, 0.5) is 0 Å². The van der Waals surface area contributed by atoms with Gasteiger partial charge in [-0.3, -0.25) is 4.79 Å². The Balaban J connectivity index is 1.81. The molecule has 0 saturated carbocycles. The Labute approximate surface area is 230 Å². The average molecular weight is 545 g/mol. The number of nitrogens with one attached hydrogen (secondary N) is 1. The molecule has 1 heterocycles. The average Bonchev–Trinajstić information content (AvgIpc) is 2.96. The molecule has 8 heteroatoms. The molecule has 0 radical (unpaired) electrons. The quantitative estimate of drug-likeness (QED) is 0.247. The van der Waals surface area contributed by atoms with Crippen LogP contribution in [0.1, 0.15) is 34.3 Å². The van der Waals surface area contributed by atoms with E-state index >= 15 is 0 Å². The number of halogens is 1. The molecule has 3 aromatic rings. The highest BCUT2D eigenvalue weighted by molar-refractivity contribution is 8.03. The molecular weight excluding hydrogens is 520 g/mol. The fourth-order valence-corrected chi connectivity index (χ4v) is 5.36. The Bertz CT molecular complexity index is 1440. The molecular formula is C30H25ClN2O4S. The van der Waals surface area contributed by atoms with Crippen molar-refractivity contribution in [3.05, 3.63) is 117 Å². The maximum Gasteiger partial charge on any atom is 0.337 e. The molecule has 1 atom stereocenters. The summed E-state index contributed by atoms with van der Waals surface area (Å²) in [5.74, 6) is -0.715. The number of ketones is 1. The van der Waals surface area contributed by atoms with Crippen molar-refractivity contribution < 1.29 is 19.1 Å². The van der Waals surface area contributed by atoms with E-state index < -0.39 is 11.9 Å². The van der Waals surface area contributed by atoms with Crippen LogP contribution in [0.2, 0.25) is 5.02 Å². The van der Waals surface area contributed by atoms with E-state index in [0.29, 0.717) is 32.6 Å². The molecule has 1 aliphatic heterocycles. The number of methoxy groups -OCH3 is 1. The summed E-state index contributed by atoms with van der Waals surface area (Å²) >= 11 is 7.81. The highest BCUT2D eigenvalue weighted by atomic mass is 35.5. The van der Waals surface area contributed by atoms with E-state index in [1.165, 1.54) is 11.8 Å². The standard InChI is InChI=1S/C30H25ClN2O4S/c1-3-37-30(35)27-26(22-11-7-8-12-24(22)31)23(17-32)29(33-28(27)20-9-5-4-6-10-20)38-18-25(34)19-13-15-21(36-2)16-14-19/h4-16,26,33H,3,18H2,1-2H3/t26-/m1/s1. The van der Waals surface area contributed by atoms with Crippen molar-refractivity contribution in [1.29, 1.82) is 5.26 Å². The van der Waals surface area contributed by atoms with Crippen LogP contribution >= 0.6 is 23.4 Å². The molecule has 0 spiro atoms. The van der Waals surface area contributed by atoms with Gasteiger partial charge in [0.15, 0.2) is 5.78 Å². The molecule has 38 heavy (non-hydrogen) atoms. The largest absolute Gasteiger partial charge is 0.497 e. The number of rotatable bonds is 9. The summed E-state index contributed by atoms with van der Waals surface area (Å²) in [6.07, 6.45) is 0. The van der Waals surface area contributed by atoms with E-state index in [1.807, 2.05) is 36.4 Å². The predicted octanol–water partition coefficient (Wildman–Crippen LogP) is 6.36. The lowest BCUT2D eigenvalue weighted by molar-refractivity contribution is -0.138. The Kier molecular flexibility index (Phi) is 8.90. The van der Waals surface area contributed by atoms with Gasteiger partial charge in [-0.1, -0.05) is 71.9 Å². The van der Waals surface area contributed by atoms with Crippen molar-refractivity contribution >= 4 is 40.8 Å². The molecule has 192 valence electrons. The van der Waals surface area contributed by atoms with Gasteiger partial charge >= 0.3 is 5.97 Å². The Morgan fingerprint density at radius 2 is 1.71 bits per heavy atom.